The van der Waals surface area contributed by atoms with E-state index in [-0.39, 0.29) is 17.4 Å². The molecule has 2 atom stereocenters. The number of hydrogen-bond donors (Lipinski definition) is 1. The Morgan fingerprint density at radius 2 is 1.70 bits per heavy atom. The fourth-order valence-corrected chi connectivity index (χ4v) is 6.88. The first-order valence-electron chi connectivity index (χ1n) is 15.3. The van der Waals surface area contributed by atoms with Gasteiger partial charge in [-0.3, -0.25) is 9.69 Å². The monoisotopic (exact) mass is 590 g/mol. The molecule has 232 valence electrons. The first kappa shape index (κ1) is 30.7. The Labute approximate surface area is 255 Å². The molecule has 9 nitrogen and oxygen atoms in total. The Morgan fingerprint density at radius 3 is 2.28 bits per heavy atom. The average molecular weight is 591 g/mol. The van der Waals surface area contributed by atoms with Crippen LogP contribution in [-0.2, 0) is 0 Å². The van der Waals surface area contributed by atoms with Crippen molar-refractivity contribution in [3.8, 4) is 17.2 Å². The molecule has 2 aromatic carbocycles. The van der Waals surface area contributed by atoms with E-state index in [0.29, 0.717) is 54.9 Å². The van der Waals surface area contributed by atoms with Crippen LogP contribution in [0.2, 0.25) is 0 Å². The lowest BCUT2D eigenvalue weighted by Gasteiger charge is -2.57. The average Bonchev–Trinajstić information content (AvgIpc) is 3.02. The van der Waals surface area contributed by atoms with Crippen molar-refractivity contribution in [3.63, 3.8) is 0 Å². The highest BCUT2D eigenvalue weighted by atomic mass is 16.5. The van der Waals surface area contributed by atoms with Gasteiger partial charge in [0.15, 0.2) is 11.5 Å². The minimum absolute atomic E-state index is 0.0597. The van der Waals surface area contributed by atoms with E-state index in [2.05, 4.69) is 30.1 Å². The normalized spacial score (nSPS) is 20.9. The number of allylic oxidation sites excluding steroid dienone is 1. The van der Waals surface area contributed by atoms with Crippen LogP contribution >= 0.6 is 0 Å². The van der Waals surface area contributed by atoms with Crippen LogP contribution in [0.25, 0.3) is 0 Å². The summed E-state index contributed by atoms with van der Waals surface area (Å²) >= 11 is 0. The van der Waals surface area contributed by atoms with E-state index >= 15 is 0 Å². The Balaban J connectivity index is 1.26. The van der Waals surface area contributed by atoms with Crippen LogP contribution in [-0.4, -0.2) is 93.8 Å². The zero-order valence-electron chi connectivity index (χ0n) is 26.4. The molecule has 0 radical (unpaired) electrons. The Kier molecular flexibility index (Phi) is 9.20. The summed E-state index contributed by atoms with van der Waals surface area (Å²) < 4.78 is 16.6. The molecule has 9 heteroatoms. The number of amides is 3. The van der Waals surface area contributed by atoms with Crippen molar-refractivity contribution in [1.82, 2.24) is 14.7 Å². The number of ether oxygens (including phenoxy) is 3. The number of carbonyl (C=O) groups is 2. The van der Waals surface area contributed by atoms with Gasteiger partial charge in [0.2, 0.25) is 5.75 Å². The van der Waals surface area contributed by atoms with E-state index < -0.39 is 0 Å². The molecule has 4 aliphatic rings. The highest BCUT2D eigenvalue weighted by Gasteiger charge is 2.51. The number of piperazine rings is 1. The summed E-state index contributed by atoms with van der Waals surface area (Å²) in [4.78, 5) is 33.1. The summed E-state index contributed by atoms with van der Waals surface area (Å²) in [7, 11) is 4.68. The fourth-order valence-electron chi connectivity index (χ4n) is 6.88. The van der Waals surface area contributed by atoms with Gasteiger partial charge in [-0.1, -0.05) is 37.6 Å². The van der Waals surface area contributed by atoms with E-state index in [1.165, 1.54) is 12.0 Å². The zero-order valence-corrected chi connectivity index (χ0v) is 26.4. The molecule has 1 aliphatic heterocycles. The van der Waals surface area contributed by atoms with Gasteiger partial charge < -0.3 is 29.3 Å². The minimum atomic E-state index is -0.0740. The van der Waals surface area contributed by atoms with E-state index in [4.69, 9.17) is 14.2 Å². The highest BCUT2D eigenvalue weighted by molar-refractivity contribution is 5.96. The lowest BCUT2D eigenvalue weighted by atomic mass is 9.49. The number of rotatable bonds is 10. The molecule has 0 spiro atoms. The number of hydrogen-bond acceptors (Lipinski definition) is 6. The summed E-state index contributed by atoms with van der Waals surface area (Å²) in [5, 5.41) is 3.02. The number of carbonyl (C=O) groups excluding carboxylic acids is 2. The zero-order chi connectivity index (χ0) is 30.7. The van der Waals surface area contributed by atoms with Gasteiger partial charge in [-0.05, 0) is 66.8 Å². The molecule has 0 aromatic heterocycles. The van der Waals surface area contributed by atoms with Crippen LogP contribution in [0.1, 0.15) is 42.6 Å². The summed E-state index contributed by atoms with van der Waals surface area (Å²) in [6.07, 6.45) is 4.65. The summed E-state index contributed by atoms with van der Waals surface area (Å²) in [6, 6.07) is 11.2. The molecule has 1 N–H and O–H groups in total. The lowest BCUT2D eigenvalue weighted by molar-refractivity contribution is -0.0105. The summed E-state index contributed by atoms with van der Waals surface area (Å²) in [5.74, 6) is 2.58. The third kappa shape index (κ3) is 6.47. The summed E-state index contributed by atoms with van der Waals surface area (Å²) in [5.41, 5.74) is 4.07. The van der Waals surface area contributed by atoms with Crippen LogP contribution in [0.3, 0.4) is 0 Å². The maximum absolute atomic E-state index is 14.1. The van der Waals surface area contributed by atoms with E-state index in [1.54, 1.807) is 33.5 Å². The van der Waals surface area contributed by atoms with Gasteiger partial charge in [-0.2, -0.15) is 0 Å². The van der Waals surface area contributed by atoms with Crippen LogP contribution in [0.5, 0.6) is 17.2 Å². The van der Waals surface area contributed by atoms with Crippen molar-refractivity contribution in [2.75, 3.05) is 72.5 Å². The predicted octanol–water partition coefficient (Wildman–Crippen LogP) is 5.31. The number of methoxy groups -OCH3 is 3. The van der Waals surface area contributed by atoms with Gasteiger partial charge >= 0.3 is 6.03 Å². The van der Waals surface area contributed by atoms with Crippen LogP contribution in [0.4, 0.5) is 10.5 Å². The van der Waals surface area contributed by atoms with E-state index in [1.807, 2.05) is 41.0 Å². The quantitative estimate of drug-likeness (QED) is 0.378. The molecule has 2 bridgehead atoms. The number of nitrogens with one attached hydrogen (secondary N) is 1. The minimum Gasteiger partial charge on any atom is -0.493 e. The standard InChI is InChI=1S/C34H46N4O5/c1-23-8-7-9-27(18-23)35-33(40)37-15-12-36(13-16-37)14-17-38(22-24-10-11-26-21-28(24)34(26,2)3)32(39)25-19-29(41-4)31(43-6)30(20-25)42-5/h7-10,18-20,26,28H,11-17,21-22H2,1-6H3,(H,35,40). The second-order valence-corrected chi connectivity index (χ2v) is 12.6. The van der Waals surface area contributed by atoms with Crippen molar-refractivity contribution in [2.45, 2.75) is 33.6 Å². The number of benzene rings is 2. The van der Waals surface area contributed by atoms with Gasteiger partial charge in [0.25, 0.3) is 5.91 Å². The molecular formula is C34H46N4O5. The largest absolute Gasteiger partial charge is 0.493 e. The van der Waals surface area contributed by atoms with Gasteiger partial charge in [-0.15, -0.1) is 0 Å². The van der Waals surface area contributed by atoms with Crippen molar-refractivity contribution in [3.05, 3.63) is 59.2 Å². The number of anilines is 1. The van der Waals surface area contributed by atoms with Gasteiger partial charge in [0.1, 0.15) is 0 Å². The van der Waals surface area contributed by atoms with E-state index in [9.17, 15) is 9.59 Å². The SMILES string of the molecule is COc1cc(C(=O)N(CCN2CCN(C(=O)Nc3cccc(C)c3)CC2)CC2=CCC3CC2C3(C)C)cc(OC)c1OC. The molecule has 1 heterocycles. The molecule has 43 heavy (non-hydrogen) atoms. The van der Waals surface area contributed by atoms with Gasteiger partial charge in [0, 0.05) is 57.1 Å². The molecule has 1 saturated heterocycles. The third-order valence-corrected chi connectivity index (χ3v) is 9.77. The van der Waals surface area contributed by atoms with E-state index in [0.717, 1.165) is 43.2 Å². The molecule has 1 saturated carbocycles. The molecule has 6 rings (SSSR count). The van der Waals surface area contributed by atoms with Crippen molar-refractivity contribution in [2.24, 2.45) is 17.3 Å². The summed E-state index contributed by atoms with van der Waals surface area (Å²) in [6.45, 7) is 11.4. The third-order valence-electron chi connectivity index (χ3n) is 9.77. The van der Waals surface area contributed by atoms with Crippen LogP contribution in [0, 0.1) is 24.2 Å². The first-order chi connectivity index (χ1) is 20.6. The molecule has 2 aromatic rings. The highest BCUT2D eigenvalue weighted by Crippen LogP contribution is 2.59. The lowest BCUT2D eigenvalue weighted by Crippen LogP contribution is -2.52. The fraction of sp³-hybridized carbons (Fsp3) is 0.529. The van der Waals surface area contributed by atoms with Crippen molar-refractivity contribution < 1.29 is 23.8 Å². The second kappa shape index (κ2) is 12.9. The molecule has 2 unspecified atom stereocenters. The van der Waals surface area contributed by atoms with Crippen LogP contribution < -0.4 is 19.5 Å². The molecular weight excluding hydrogens is 544 g/mol. The Morgan fingerprint density at radius 1 is 1.00 bits per heavy atom. The number of fused-ring (bicyclic) bond motifs is 1. The van der Waals surface area contributed by atoms with Gasteiger partial charge in [-0.25, -0.2) is 4.79 Å². The maximum atomic E-state index is 14.1. The van der Waals surface area contributed by atoms with Crippen molar-refractivity contribution in [1.29, 1.82) is 0 Å². The van der Waals surface area contributed by atoms with Crippen molar-refractivity contribution >= 4 is 17.6 Å². The maximum Gasteiger partial charge on any atom is 0.321 e. The number of nitrogens with zero attached hydrogens (tertiary/aromatic N) is 3. The topological polar surface area (TPSA) is 83.6 Å². The molecule has 2 fully saturated rings. The first-order valence-corrected chi connectivity index (χ1v) is 15.3. The van der Waals surface area contributed by atoms with Gasteiger partial charge in [0.05, 0.1) is 21.3 Å². The Hall–Kier alpha value is -3.72. The predicted molar refractivity (Wildman–Crippen MR) is 168 cm³/mol. The Bertz CT molecular complexity index is 1340. The smallest absolute Gasteiger partial charge is 0.321 e. The number of aryl methyl sites for hydroxylation is 1. The molecule has 3 aliphatic carbocycles. The number of urea groups is 1. The second-order valence-electron chi connectivity index (χ2n) is 12.6. The molecule has 3 amide bonds. The van der Waals surface area contributed by atoms with Crippen LogP contribution in [0.15, 0.2) is 48.0 Å².